The van der Waals surface area contributed by atoms with E-state index in [4.69, 9.17) is 4.74 Å². The molecular weight excluding hydrogens is 208 g/mol. The van der Waals surface area contributed by atoms with Gasteiger partial charge in [-0.3, -0.25) is 9.59 Å². The van der Waals surface area contributed by atoms with Crippen LogP contribution in [0.15, 0.2) is 0 Å². The zero-order valence-electron chi connectivity index (χ0n) is 9.22. The van der Waals surface area contributed by atoms with Crippen LogP contribution >= 0.6 is 0 Å². The van der Waals surface area contributed by atoms with Crippen molar-refractivity contribution in [2.24, 2.45) is 5.92 Å². The lowest BCUT2D eigenvalue weighted by molar-refractivity contribution is -0.146. The van der Waals surface area contributed by atoms with Gasteiger partial charge in [-0.05, 0) is 12.8 Å². The molecule has 0 radical (unpaired) electrons. The van der Waals surface area contributed by atoms with Crippen LogP contribution in [-0.4, -0.2) is 60.5 Å². The molecule has 3 fully saturated rings. The van der Waals surface area contributed by atoms with E-state index in [-0.39, 0.29) is 30.4 Å². The Kier molecular flexibility index (Phi) is 2.35. The number of ether oxygens (including phenoxy) is 1. The van der Waals surface area contributed by atoms with Gasteiger partial charge in [0, 0.05) is 25.6 Å². The van der Waals surface area contributed by atoms with Gasteiger partial charge in [0.1, 0.15) is 0 Å². The first kappa shape index (κ1) is 10.1. The first-order valence-corrected chi connectivity index (χ1v) is 5.92. The summed E-state index contributed by atoms with van der Waals surface area (Å²) < 4.78 is 5.11. The predicted octanol–water partition coefficient (Wildman–Crippen LogP) is -0.534. The standard InChI is InChI=1S/C11H16N2O3/c14-10-6-13(11(15)8-1-2-8)4-3-12(10)5-9-7-16-9/h8-9H,1-7H2/t9-/m1/s1. The third-order valence-corrected chi connectivity index (χ3v) is 3.38. The number of nitrogens with zero attached hydrogens (tertiary/aromatic N) is 2. The summed E-state index contributed by atoms with van der Waals surface area (Å²) in [6, 6.07) is 0. The van der Waals surface area contributed by atoms with Crippen LogP contribution < -0.4 is 0 Å². The lowest BCUT2D eigenvalue weighted by Crippen LogP contribution is -2.53. The van der Waals surface area contributed by atoms with Crippen LogP contribution in [0.1, 0.15) is 12.8 Å². The molecule has 0 spiro atoms. The lowest BCUT2D eigenvalue weighted by Gasteiger charge is -2.34. The van der Waals surface area contributed by atoms with Crippen molar-refractivity contribution in [3.8, 4) is 0 Å². The highest BCUT2D eigenvalue weighted by Gasteiger charge is 2.37. The molecule has 2 amide bonds. The smallest absolute Gasteiger partial charge is 0.242 e. The van der Waals surface area contributed by atoms with Crippen molar-refractivity contribution < 1.29 is 14.3 Å². The second-order valence-electron chi connectivity index (χ2n) is 4.83. The number of amides is 2. The lowest BCUT2D eigenvalue weighted by atomic mass is 10.2. The summed E-state index contributed by atoms with van der Waals surface area (Å²) >= 11 is 0. The molecular formula is C11H16N2O3. The van der Waals surface area contributed by atoms with E-state index in [2.05, 4.69) is 0 Å². The van der Waals surface area contributed by atoms with Crippen LogP contribution in [0, 0.1) is 5.92 Å². The number of piperazine rings is 1. The molecule has 1 saturated carbocycles. The van der Waals surface area contributed by atoms with Crippen LogP contribution in [0.5, 0.6) is 0 Å². The van der Waals surface area contributed by atoms with E-state index in [0.717, 1.165) is 19.4 Å². The van der Waals surface area contributed by atoms with E-state index in [0.29, 0.717) is 19.6 Å². The van der Waals surface area contributed by atoms with Gasteiger partial charge < -0.3 is 14.5 Å². The van der Waals surface area contributed by atoms with Crippen molar-refractivity contribution in [3.63, 3.8) is 0 Å². The highest BCUT2D eigenvalue weighted by molar-refractivity contribution is 5.88. The van der Waals surface area contributed by atoms with E-state index in [1.807, 2.05) is 4.90 Å². The van der Waals surface area contributed by atoms with Gasteiger partial charge in [-0.15, -0.1) is 0 Å². The largest absolute Gasteiger partial charge is 0.371 e. The second-order valence-corrected chi connectivity index (χ2v) is 4.83. The van der Waals surface area contributed by atoms with Gasteiger partial charge in [-0.2, -0.15) is 0 Å². The van der Waals surface area contributed by atoms with E-state index >= 15 is 0 Å². The van der Waals surface area contributed by atoms with Crippen molar-refractivity contribution in [2.75, 3.05) is 32.8 Å². The van der Waals surface area contributed by atoms with Crippen LogP contribution in [0.4, 0.5) is 0 Å². The SMILES string of the molecule is O=C1CN(C(=O)C2CC2)CCN1C[C@@H]1CO1. The van der Waals surface area contributed by atoms with E-state index < -0.39 is 0 Å². The molecule has 5 heteroatoms. The van der Waals surface area contributed by atoms with Crippen molar-refractivity contribution in [1.82, 2.24) is 9.80 Å². The predicted molar refractivity (Wildman–Crippen MR) is 55.6 cm³/mol. The molecule has 2 aliphatic heterocycles. The van der Waals surface area contributed by atoms with E-state index in [9.17, 15) is 9.59 Å². The maximum atomic E-state index is 11.8. The molecule has 88 valence electrons. The number of epoxide rings is 1. The minimum atomic E-state index is 0.0655. The summed E-state index contributed by atoms with van der Waals surface area (Å²) in [4.78, 5) is 27.1. The van der Waals surface area contributed by atoms with Crippen LogP contribution in [0.2, 0.25) is 0 Å². The third kappa shape index (κ3) is 2.04. The minimum Gasteiger partial charge on any atom is -0.371 e. The van der Waals surface area contributed by atoms with Gasteiger partial charge in [0.05, 0.1) is 19.3 Å². The van der Waals surface area contributed by atoms with Gasteiger partial charge >= 0.3 is 0 Å². The molecule has 3 aliphatic rings. The molecule has 0 unspecified atom stereocenters. The Balaban J connectivity index is 1.54. The highest BCUT2D eigenvalue weighted by atomic mass is 16.6. The fourth-order valence-corrected chi connectivity index (χ4v) is 2.10. The normalized spacial score (nSPS) is 29.5. The van der Waals surface area contributed by atoms with Crippen molar-refractivity contribution in [1.29, 1.82) is 0 Å². The quantitative estimate of drug-likeness (QED) is 0.605. The Morgan fingerprint density at radius 1 is 1.38 bits per heavy atom. The van der Waals surface area contributed by atoms with Gasteiger partial charge in [0.15, 0.2) is 0 Å². The summed E-state index contributed by atoms with van der Waals surface area (Å²) in [5.41, 5.74) is 0. The molecule has 0 aromatic carbocycles. The molecule has 2 heterocycles. The Hall–Kier alpha value is -1.10. The Morgan fingerprint density at radius 2 is 2.12 bits per heavy atom. The van der Waals surface area contributed by atoms with E-state index in [1.54, 1.807) is 4.90 Å². The van der Waals surface area contributed by atoms with Crippen LogP contribution in [0.3, 0.4) is 0 Å². The molecule has 16 heavy (non-hydrogen) atoms. The van der Waals surface area contributed by atoms with Gasteiger partial charge in [-0.25, -0.2) is 0 Å². The average molecular weight is 224 g/mol. The number of carbonyl (C=O) groups is 2. The summed E-state index contributed by atoms with van der Waals surface area (Å²) in [5, 5.41) is 0. The minimum absolute atomic E-state index is 0.0655. The Morgan fingerprint density at radius 3 is 2.69 bits per heavy atom. The molecule has 0 N–H and O–H groups in total. The number of carbonyl (C=O) groups excluding carboxylic acids is 2. The molecule has 1 aliphatic carbocycles. The summed E-state index contributed by atoms with van der Waals surface area (Å²) in [6.45, 7) is 3.09. The fraction of sp³-hybridized carbons (Fsp3) is 0.818. The van der Waals surface area contributed by atoms with Crippen LogP contribution in [-0.2, 0) is 14.3 Å². The molecule has 2 saturated heterocycles. The van der Waals surface area contributed by atoms with Crippen molar-refractivity contribution in [2.45, 2.75) is 18.9 Å². The molecule has 3 rings (SSSR count). The summed E-state index contributed by atoms with van der Waals surface area (Å²) in [6.07, 6.45) is 2.25. The number of hydrogen-bond donors (Lipinski definition) is 0. The second kappa shape index (κ2) is 3.73. The number of hydrogen-bond acceptors (Lipinski definition) is 3. The third-order valence-electron chi connectivity index (χ3n) is 3.38. The van der Waals surface area contributed by atoms with Gasteiger partial charge in [0.2, 0.25) is 11.8 Å². The molecule has 0 aromatic rings. The summed E-state index contributed by atoms with van der Waals surface area (Å²) in [7, 11) is 0. The van der Waals surface area contributed by atoms with Gasteiger partial charge in [-0.1, -0.05) is 0 Å². The highest BCUT2D eigenvalue weighted by Crippen LogP contribution is 2.31. The Bertz CT molecular complexity index is 323. The number of rotatable bonds is 3. The van der Waals surface area contributed by atoms with Gasteiger partial charge in [0.25, 0.3) is 0 Å². The molecule has 1 atom stereocenters. The Labute approximate surface area is 94.3 Å². The first-order chi connectivity index (χ1) is 7.74. The maximum Gasteiger partial charge on any atom is 0.242 e. The first-order valence-electron chi connectivity index (χ1n) is 5.92. The summed E-state index contributed by atoms with van der Waals surface area (Å²) in [5.74, 6) is 0.456. The van der Waals surface area contributed by atoms with Crippen LogP contribution in [0.25, 0.3) is 0 Å². The molecule has 0 aromatic heterocycles. The maximum absolute atomic E-state index is 11.8. The zero-order chi connectivity index (χ0) is 11.1. The zero-order valence-corrected chi connectivity index (χ0v) is 9.22. The fourth-order valence-electron chi connectivity index (χ4n) is 2.10. The monoisotopic (exact) mass is 224 g/mol. The van der Waals surface area contributed by atoms with Crippen molar-refractivity contribution >= 4 is 11.8 Å². The van der Waals surface area contributed by atoms with Crippen molar-refractivity contribution in [3.05, 3.63) is 0 Å². The average Bonchev–Trinajstić information content (AvgIpc) is 3.14. The molecule has 0 bridgehead atoms. The molecule has 5 nitrogen and oxygen atoms in total. The van der Waals surface area contributed by atoms with E-state index in [1.165, 1.54) is 0 Å². The topological polar surface area (TPSA) is 53.2 Å².